The van der Waals surface area contributed by atoms with Crippen LogP contribution in [0, 0.1) is 11.3 Å². The maximum Gasteiger partial charge on any atom is 0.256 e. The van der Waals surface area contributed by atoms with E-state index in [-0.39, 0.29) is 11.6 Å². The molecule has 174 valence electrons. The van der Waals surface area contributed by atoms with E-state index < -0.39 is 0 Å². The van der Waals surface area contributed by atoms with Crippen molar-refractivity contribution in [2.24, 2.45) is 0 Å². The largest absolute Gasteiger partial charge is 0.497 e. The molecule has 0 radical (unpaired) electrons. The van der Waals surface area contributed by atoms with Crippen molar-refractivity contribution in [3.63, 3.8) is 0 Å². The van der Waals surface area contributed by atoms with E-state index in [4.69, 9.17) is 9.47 Å². The number of hydrogen-bond acceptors (Lipinski definition) is 6. The van der Waals surface area contributed by atoms with Crippen molar-refractivity contribution in [3.8, 4) is 17.6 Å². The van der Waals surface area contributed by atoms with E-state index in [0.29, 0.717) is 21.3 Å². The number of benzene rings is 4. The molecular weight excluding hydrogens is 476 g/mol. The molecule has 0 heterocycles. The first kappa shape index (κ1) is 24.3. The maximum atomic E-state index is 13.3. The third kappa shape index (κ3) is 5.99. The van der Waals surface area contributed by atoms with E-state index >= 15 is 0 Å². The molecule has 0 aromatic heterocycles. The molecule has 0 aliphatic rings. The summed E-state index contributed by atoms with van der Waals surface area (Å²) < 4.78 is 11.3. The number of fused-ring (bicyclic) bond motifs is 1. The second kappa shape index (κ2) is 11.5. The first-order chi connectivity index (χ1) is 17.1. The van der Waals surface area contributed by atoms with Gasteiger partial charge in [0.05, 0.1) is 18.5 Å². The van der Waals surface area contributed by atoms with Gasteiger partial charge in [-0.1, -0.05) is 72.1 Å². The lowest BCUT2D eigenvalue weighted by molar-refractivity contribution is 0.0969. The number of methoxy groups -OCH3 is 2. The maximum absolute atomic E-state index is 13.3. The van der Waals surface area contributed by atoms with Gasteiger partial charge in [-0.2, -0.15) is 5.26 Å². The van der Waals surface area contributed by atoms with Gasteiger partial charge in [-0.15, -0.1) is 0 Å². The van der Waals surface area contributed by atoms with E-state index in [1.54, 1.807) is 20.3 Å². The minimum absolute atomic E-state index is 0.170. The fourth-order valence-corrected chi connectivity index (χ4v) is 5.61. The molecule has 4 aromatic rings. The van der Waals surface area contributed by atoms with E-state index in [0.717, 1.165) is 20.6 Å². The molecule has 1 amide bonds. The Morgan fingerprint density at radius 2 is 1.37 bits per heavy atom. The fourth-order valence-electron chi connectivity index (χ4n) is 3.40. The summed E-state index contributed by atoms with van der Waals surface area (Å²) in [5.74, 6) is 1.08. The third-order valence-electron chi connectivity index (χ3n) is 5.09. The van der Waals surface area contributed by atoms with Crippen LogP contribution in [-0.2, 0) is 0 Å². The van der Waals surface area contributed by atoms with Crippen LogP contribution in [-0.4, -0.2) is 20.1 Å². The molecule has 7 heteroatoms. The van der Waals surface area contributed by atoms with Gasteiger partial charge in [0, 0.05) is 15.4 Å². The normalized spacial score (nSPS) is 10.3. The zero-order chi connectivity index (χ0) is 24.6. The Hall–Kier alpha value is -3.86. The number of thioether (sulfide) groups is 2. The molecule has 0 atom stereocenters. The topological polar surface area (TPSA) is 71.3 Å². The van der Waals surface area contributed by atoms with Gasteiger partial charge >= 0.3 is 0 Å². The van der Waals surface area contributed by atoms with Gasteiger partial charge in [-0.3, -0.25) is 4.79 Å². The van der Waals surface area contributed by atoms with Gasteiger partial charge in [0.25, 0.3) is 5.91 Å². The predicted molar refractivity (Wildman–Crippen MR) is 142 cm³/mol. The summed E-state index contributed by atoms with van der Waals surface area (Å²) >= 11 is 2.77. The summed E-state index contributed by atoms with van der Waals surface area (Å²) in [6, 6.07) is 30.5. The first-order valence-electron chi connectivity index (χ1n) is 10.7. The molecule has 4 rings (SSSR count). The Labute approximate surface area is 212 Å². The van der Waals surface area contributed by atoms with E-state index in [9.17, 15) is 10.1 Å². The van der Waals surface area contributed by atoms with E-state index in [2.05, 4.69) is 11.4 Å². The van der Waals surface area contributed by atoms with Crippen LogP contribution in [0.2, 0.25) is 0 Å². The van der Waals surface area contributed by atoms with Gasteiger partial charge in [0.2, 0.25) is 0 Å². The van der Waals surface area contributed by atoms with E-state index in [1.165, 1.54) is 23.5 Å². The van der Waals surface area contributed by atoms with Crippen molar-refractivity contribution >= 4 is 40.2 Å². The number of carbonyl (C=O) groups is 1. The highest BCUT2D eigenvalue weighted by molar-refractivity contribution is 8.22. The van der Waals surface area contributed by atoms with Crippen LogP contribution in [0.1, 0.15) is 10.4 Å². The summed E-state index contributed by atoms with van der Waals surface area (Å²) in [5, 5.41) is 14.7. The number of amides is 1. The lowest BCUT2D eigenvalue weighted by atomic mass is 10.0. The summed E-state index contributed by atoms with van der Waals surface area (Å²) in [7, 11) is 3.22. The summed E-state index contributed by atoms with van der Waals surface area (Å²) in [5.41, 5.74) is 0.677. The SMILES string of the molecule is COc1cccc(SC(Sc2cccc(OC)c2)=C(C#N)NC(=O)c2cccc3ccccc23)c1. The highest BCUT2D eigenvalue weighted by Gasteiger charge is 2.17. The smallest absolute Gasteiger partial charge is 0.256 e. The van der Waals surface area contributed by atoms with Gasteiger partial charge in [-0.05, 0) is 53.2 Å². The molecule has 0 saturated heterocycles. The van der Waals surface area contributed by atoms with Crippen molar-refractivity contribution in [3.05, 3.63) is 106 Å². The Kier molecular flexibility index (Phi) is 7.99. The number of nitrogens with one attached hydrogen (secondary N) is 1. The minimum atomic E-state index is -0.340. The summed E-state index contributed by atoms with van der Waals surface area (Å²) in [4.78, 5) is 15.0. The standard InChI is InChI=1S/C28H22N2O3S2/c1-32-20-10-6-12-22(16-20)34-28(35-23-13-7-11-21(17-23)33-2)26(18-29)30-27(31)25-15-5-9-19-8-3-4-14-24(19)25/h3-17H,1-2H3,(H,30,31). The van der Waals surface area contributed by atoms with E-state index in [1.807, 2.05) is 84.9 Å². The Morgan fingerprint density at radius 1 is 0.800 bits per heavy atom. The average molecular weight is 499 g/mol. The van der Waals surface area contributed by atoms with Crippen LogP contribution in [0.25, 0.3) is 10.8 Å². The quantitative estimate of drug-likeness (QED) is 0.211. The lowest BCUT2D eigenvalue weighted by Crippen LogP contribution is -2.23. The molecule has 0 saturated carbocycles. The molecule has 0 aliphatic heterocycles. The number of allylic oxidation sites excluding steroid dienone is 1. The van der Waals surface area contributed by atoms with Crippen LogP contribution in [0.4, 0.5) is 0 Å². The fraction of sp³-hybridized carbons (Fsp3) is 0.0714. The summed E-state index contributed by atoms with van der Waals surface area (Å²) in [6.45, 7) is 0. The second-order valence-electron chi connectivity index (χ2n) is 7.32. The number of ether oxygens (including phenoxy) is 2. The van der Waals surface area contributed by atoms with Crippen LogP contribution in [0.3, 0.4) is 0 Å². The summed E-state index contributed by atoms with van der Waals surface area (Å²) in [6.07, 6.45) is 0. The van der Waals surface area contributed by atoms with Gasteiger partial charge in [0.15, 0.2) is 0 Å². The van der Waals surface area contributed by atoms with Crippen molar-refractivity contribution in [2.75, 3.05) is 14.2 Å². The van der Waals surface area contributed by atoms with Crippen molar-refractivity contribution < 1.29 is 14.3 Å². The predicted octanol–water partition coefficient (Wildman–Crippen LogP) is 6.86. The third-order valence-corrected chi connectivity index (χ3v) is 7.35. The molecule has 1 N–H and O–H groups in total. The second-order valence-corrected chi connectivity index (χ2v) is 9.74. The van der Waals surface area contributed by atoms with Gasteiger partial charge < -0.3 is 14.8 Å². The Balaban J connectivity index is 1.72. The zero-order valence-electron chi connectivity index (χ0n) is 19.1. The van der Waals surface area contributed by atoms with Gasteiger partial charge in [0.1, 0.15) is 23.3 Å². The number of rotatable bonds is 8. The lowest BCUT2D eigenvalue weighted by Gasteiger charge is -2.13. The molecule has 5 nitrogen and oxygen atoms in total. The van der Waals surface area contributed by atoms with Crippen LogP contribution >= 0.6 is 23.5 Å². The molecule has 35 heavy (non-hydrogen) atoms. The average Bonchev–Trinajstić information content (AvgIpc) is 2.91. The van der Waals surface area contributed by atoms with Crippen LogP contribution in [0.5, 0.6) is 11.5 Å². The first-order valence-corrected chi connectivity index (χ1v) is 12.3. The van der Waals surface area contributed by atoms with Crippen molar-refractivity contribution in [2.45, 2.75) is 9.79 Å². The van der Waals surface area contributed by atoms with Crippen LogP contribution < -0.4 is 14.8 Å². The number of hydrogen-bond donors (Lipinski definition) is 1. The number of nitrogens with zero attached hydrogens (tertiary/aromatic N) is 1. The highest BCUT2D eigenvalue weighted by Crippen LogP contribution is 2.42. The highest BCUT2D eigenvalue weighted by atomic mass is 32.2. The molecule has 0 unspecified atom stereocenters. The van der Waals surface area contributed by atoms with Crippen molar-refractivity contribution in [1.29, 1.82) is 5.26 Å². The molecule has 0 fully saturated rings. The molecular formula is C28H22N2O3S2. The number of carbonyl (C=O) groups excluding carboxylic acids is 1. The monoisotopic (exact) mass is 498 g/mol. The Bertz CT molecular complexity index is 1390. The number of nitriles is 1. The van der Waals surface area contributed by atoms with Crippen molar-refractivity contribution in [1.82, 2.24) is 5.32 Å². The molecule has 0 aliphatic carbocycles. The molecule has 4 aromatic carbocycles. The zero-order valence-corrected chi connectivity index (χ0v) is 20.8. The van der Waals surface area contributed by atoms with Crippen LogP contribution in [0.15, 0.2) is 111 Å². The minimum Gasteiger partial charge on any atom is -0.497 e. The molecule has 0 spiro atoms. The Morgan fingerprint density at radius 3 is 1.97 bits per heavy atom. The molecule has 0 bridgehead atoms. The van der Waals surface area contributed by atoms with Gasteiger partial charge in [-0.25, -0.2) is 0 Å².